The van der Waals surface area contributed by atoms with Crippen molar-refractivity contribution < 1.29 is 4.79 Å². The predicted octanol–water partition coefficient (Wildman–Crippen LogP) is 1.86. The molecule has 5 heteroatoms. The smallest absolute Gasteiger partial charge is 0.243 e. The van der Waals surface area contributed by atoms with Gasteiger partial charge in [-0.2, -0.15) is 0 Å². The van der Waals surface area contributed by atoms with Crippen LogP contribution in [0.15, 0.2) is 12.7 Å². The fourth-order valence-electron chi connectivity index (χ4n) is 1.29. The number of anilines is 1. The van der Waals surface area contributed by atoms with Crippen LogP contribution in [0.3, 0.4) is 0 Å². The normalized spacial score (nSPS) is 12.2. The van der Waals surface area contributed by atoms with Gasteiger partial charge in [-0.15, -0.1) is 17.9 Å². The number of aromatic nitrogens is 1. The van der Waals surface area contributed by atoms with Crippen molar-refractivity contribution in [1.82, 2.24) is 4.98 Å². The molecule has 1 amide bonds. The van der Waals surface area contributed by atoms with Gasteiger partial charge >= 0.3 is 0 Å². The highest BCUT2D eigenvalue weighted by molar-refractivity contribution is 7.15. The maximum Gasteiger partial charge on any atom is 0.243 e. The first-order chi connectivity index (χ1) is 7.58. The van der Waals surface area contributed by atoms with E-state index in [0.29, 0.717) is 11.6 Å². The number of carbonyl (C=O) groups is 1. The topological polar surface area (TPSA) is 68.0 Å². The summed E-state index contributed by atoms with van der Waals surface area (Å²) in [7, 11) is 0. The molecule has 1 atom stereocenters. The average Bonchev–Trinajstić information content (AvgIpc) is 2.59. The minimum Gasteiger partial charge on any atom is -0.320 e. The minimum absolute atomic E-state index is 0.212. The van der Waals surface area contributed by atoms with Crippen LogP contribution in [0.5, 0.6) is 0 Å². The van der Waals surface area contributed by atoms with Crippen molar-refractivity contribution in [3.8, 4) is 0 Å². The van der Waals surface area contributed by atoms with Gasteiger partial charge in [0.2, 0.25) is 5.91 Å². The van der Waals surface area contributed by atoms with Crippen LogP contribution in [0.4, 0.5) is 5.13 Å². The SMILES string of the molecule is C=CCC(N)C(=O)Nc1nc(CC)c(C)s1. The lowest BCUT2D eigenvalue weighted by Crippen LogP contribution is -2.35. The van der Waals surface area contributed by atoms with E-state index in [2.05, 4.69) is 16.9 Å². The van der Waals surface area contributed by atoms with Crippen LogP contribution in [-0.4, -0.2) is 16.9 Å². The van der Waals surface area contributed by atoms with E-state index in [-0.39, 0.29) is 5.91 Å². The van der Waals surface area contributed by atoms with Crippen molar-refractivity contribution in [2.45, 2.75) is 32.7 Å². The van der Waals surface area contributed by atoms with E-state index in [9.17, 15) is 4.79 Å². The zero-order chi connectivity index (χ0) is 12.1. The number of thiazole rings is 1. The number of rotatable bonds is 5. The molecule has 0 spiro atoms. The van der Waals surface area contributed by atoms with Gasteiger partial charge in [0.05, 0.1) is 11.7 Å². The quantitative estimate of drug-likeness (QED) is 0.771. The second kappa shape index (κ2) is 5.77. The molecule has 4 nitrogen and oxygen atoms in total. The summed E-state index contributed by atoms with van der Waals surface area (Å²) < 4.78 is 0. The maximum absolute atomic E-state index is 11.6. The molecule has 0 fully saturated rings. The van der Waals surface area contributed by atoms with Gasteiger partial charge in [0.25, 0.3) is 0 Å². The second-order valence-corrected chi connectivity index (χ2v) is 4.70. The average molecular weight is 239 g/mol. The molecule has 1 unspecified atom stereocenters. The summed E-state index contributed by atoms with van der Waals surface area (Å²) in [4.78, 5) is 17.0. The monoisotopic (exact) mass is 239 g/mol. The number of carbonyl (C=O) groups excluding carboxylic acids is 1. The van der Waals surface area contributed by atoms with E-state index in [1.165, 1.54) is 11.3 Å². The molecule has 88 valence electrons. The van der Waals surface area contributed by atoms with Crippen LogP contribution in [0, 0.1) is 6.92 Å². The zero-order valence-corrected chi connectivity index (χ0v) is 10.4. The van der Waals surface area contributed by atoms with Gasteiger partial charge in [0.1, 0.15) is 0 Å². The van der Waals surface area contributed by atoms with E-state index < -0.39 is 6.04 Å². The number of amides is 1. The second-order valence-electron chi connectivity index (χ2n) is 3.50. The Balaban J connectivity index is 2.65. The van der Waals surface area contributed by atoms with E-state index in [0.717, 1.165) is 17.0 Å². The van der Waals surface area contributed by atoms with Crippen LogP contribution in [0.2, 0.25) is 0 Å². The summed E-state index contributed by atoms with van der Waals surface area (Å²) in [5, 5.41) is 3.34. The van der Waals surface area contributed by atoms with Crippen molar-refractivity contribution in [3.05, 3.63) is 23.2 Å². The Kier molecular flexibility index (Phi) is 4.64. The number of hydrogen-bond donors (Lipinski definition) is 2. The Hall–Kier alpha value is -1.20. The van der Waals surface area contributed by atoms with Crippen molar-refractivity contribution in [1.29, 1.82) is 0 Å². The Morgan fingerprint density at radius 3 is 2.94 bits per heavy atom. The molecular weight excluding hydrogens is 222 g/mol. The van der Waals surface area contributed by atoms with Gasteiger partial charge in [-0.25, -0.2) is 4.98 Å². The minimum atomic E-state index is -0.549. The van der Waals surface area contributed by atoms with Crippen molar-refractivity contribution in [2.24, 2.45) is 5.73 Å². The third-order valence-electron chi connectivity index (χ3n) is 2.22. The first-order valence-corrected chi connectivity index (χ1v) is 6.03. The Bertz CT molecular complexity index is 387. The first kappa shape index (κ1) is 12.9. The molecule has 1 heterocycles. The molecule has 0 aliphatic heterocycles. The van der Waals surface area contributed by atoms with E-state index >= 15 is 0 Å². The molecule has 0 radical (unpaired) electrons. The zero-order valence-electron chi connectivity index (χ0n) is 9.62. The highest BCUT2D eigenvalue weighted by atomic mass is 32.1. The lowest BCUT2D eigenvalue weighted by atomic mass is 10.2. The van der Waals surface area contributed by atoms with E-state index in [1.54, 1.807) is 6.08 Å². The van der Waals surface area contributed by atoms with Gasteiger partial charge in [0.15, 0.2) is 5.13 Å². The predicted molar refractivity (Wildman–Crippen MR) is 67.6 cm³/mol. The van der Waals surface area contributed by atoms with Crippen molar-refractivity contribution >= 4 is 22.4 Å². The highest BCUT2D eigenvalue weighted by Crippen LogP contribution is 2.22. The Morgan fingerprint density at radius 2 is 2.44 bits per heavy atom. The van der Waals surface area contributed by atoms with Crippen LogP contribution < -0.4 is 11.1 Å². The third-order valence-corrected chi connectivity index (χ3v) is 3.14. The summed E-state index contributed by atoms with van der Waals surface area (Å²) >= 11 is 1.48. The van der Waals surface area contributed by atoms with Crippen LogP contribution in [0.1, 0.15) is 23.9 Å². The van der Waals surface area contributed by atoms with Gasteiger partial charge in [-0.3, -0.25) is 4.79 Å². The molecule has 0 aromatic carbocycles. The summed E-state index contributed by atoms with van der Waals surface area (Å²) in [6.45, 7) is 7.58. The lowest BCUT2D eigenvalue weighted by molar-refractivity contribution is -0.117. The fourth-order valence-corrected chi connectivity index (χ4v) is 2.20. The number of aryl methyl sites for hydroxylation is 2. The Labute approximate surface area is 99.6 Å². The van der Waals surface area contributed by atoms with Crippen molar-refractivity contribution in [2.75, 3.05) is 5.32 Å². The molecule has 1 aromatic heterocycles. The van der Waals surface area contributed by atoms with Gasteiger partial charge in [-0.05, 0) is 19.8 Å². The summed E-state index contributed by atoms with van der Waals surface area (Å²) in [5.41, 5.74) is 6.67. The fraction of sp³-hybridized carbons (Fsp3) is 0.455. The molecule has 0 saturated carbocycles. The van der Waals surface area contributed by atoms with E-state index in [4.69, 9.17) is 5.73 Å². The summed E-state index contributed by atoms with van der Waals surface area (Å²) in [6.07, 6.45) is 2.97. The molecule has 0 aliphatic carbocycles. The van der Waals surface area contributed by atoms with Crippen LogP contribution >= 0.6 is 11.3 Å². The highest BCUT2D eigenvalue weighted by Gasteiger charge is 2.14. The number of nitrogens with one attached hydrogen (secondary N) is 1. The number of nitrogens with zero attached hydrogens (tertiary/aromatic N) is 1. The third kappa shape index (κ3) is 3.15. The summed E-state index contributed by atoms with van der Waals surface area (Å²) in [5.74, 6) is -0.212. The van der Waals surface area contributed by atoms with Crippen LogP contribution in [0.25, 0.3) is 0 Å². The van der Waals surface area contributed by atoms with Gasteiger partial charge in [-0.1, -0.05) is 13.0 Å². The molecule has 1 rings (SSSR count). The van der Waals surface area contributed by atoms with Gasteiger partial charge < -0.3 is 11.1 Å². The largest absolute Gasteiger partial charge is 0.320 e. The van der Waals surface area contributed by atoms with Gasteiger partial charge in [0, 0.05) is 4.88 Å². The maximum atomic E-state index is 11.6. The molecule has 0 aliphatic rings. The molecule has 16 heavy (non-hydrogen) atoms. The van der Waals surface area contributed by atoms with Crippen LogP contribution in [-0.2, 0) is 11.2 Å². The summed E-state index contributed by atoms with van der Waals surface area (Å²) in [6, 6.07) is -0.549. The number of nitrogens with two attached hydrogens (primary N) is 1. The standard InChI is InChI=1S/C11H17N3OS/c1-4-6-8(12)10(15)14-11-13-9(5-2)7(3)16-11/h4,8H,1,5-6,12H2,2-3H3,(H,13,14,15). The molecule has 1 aromatic rings. The molecule has 3 N–H and O–H groups in total. The van der Waals surface area contributed by atoms with Crippen molar-refractivity contribution in [3.63, 3.8) is 0 Å². The molecule has 0 saturated heterocycles. The molecular formula is C11H17N3OS. The van der Waals surface area contributed by atoms with E-state index in [1.807, 2.05) is 13.8 Å². The number of hydrogen-bond acceptors (Lipinski definition) is 4. The molecule has 0 bridgehead atoms. The Morgan fingerprint density at radius 1 is 1.75 bits per heavy atom. The lowest BCUT2D eigenvalue weighted by Gasteiger charge is -2.07. The first-order valence-electron chi connectivity index (χ1n) is 5.22.